The normalized spacial score (nSPS) is 11.5. The van der Waals surface area contributed by atoms with E-state index in [0.717, 1.165) is 0 Å². The fourth-order valence-electron chi connectivity index (χ4n) is 2.98. The maximum Gasteiger partial charge on any atom is 0.251 e. The highest BCUT2D eigenvalue weighted by Gasteiger charge is 2.20. The van der Waals surface area contributed by atoms with E-state index >= 15 is 0 Å². The number of thioether (sulfide) groups is 1. The molecule has 2 amide bonds. The van der Waals surface area contributed by atoms with Crippen molar-refractivity contribution in [2.75, 3.05) is 18.2 Å². The zero-order valence-corrected chi connectivity index (χ0v) is 19.8. The molecule has 0 unspecified atom stereocenters. The predicted octanol–water partition coefficient (Wildman–Crippen LogP) is 4.35. The lowest BCUT2D eigenvalue weighted by Gasteiger charge is -2.15. The molecule has 2 N–H and O–H groups in total. The number of aromatic nitrogens is 3. The topological polar surface area (TPSA) is 98.1 Å². The number of carbonyl (C=O) groups is 2. The fraction of sp³-hybridized carbons (Fsp3) is 0.217. The number of hydrogen-bond acceptors (Lipinski definition) is 6. The van der Waals surface area contributed by atoms with Crippen molar-refractivity contribution in [1.82, 2.24) is 20.1 Å². The van der Waals surface area contributed by atoms with Crippen LogP contribution in [0.5, 0.6) is 5.75 Å². The van der Waals surface area contributed by atoms with Crippen LogP contribution in [0.25, 0.3) is 0 Å². The Morgan fingerprint density at radius 3 is 2.52 bits per heavy atom. The molecule has 1 heterocycles. The van der Waals surface area contributed by atoms with Gasteiger partial charge in [-0.3, -0.25) is 9.59 Å². The molecule has 0 saturated carbocycles. The summed E-state index contributed by atoms with van der Waals surface area (Å²) in [6, 6.07) is 13.3. The molecule has 0 aliphatic heterocycles. The van der Waals surface area contributed by atoms with Crippen molar-refractivity contribution >= 4 is 40.9 Å². The van der Waals surface area contributed by atoms with Gasteiger partial charge in [-0.1, -0.05) is 29.4 Å². The molecule has 0 fully saturated rings. The molecular formula is C23H24ClN5O3S. The Kier molecular flexibility index (Phi) is 8.51. The second kappa shape index (κ2) is 11.5. The molecule has 172 valence electrons. The van der Waals surface area contributed by atoms with Gasteiger partial charge in [-0.25, -0.2) is 0 Å². The Morgan fingerprint density at radius 1 is 1.18 bits per heavy atom. The van der Waals surface area contributed by atoms with Gasteiger partial charge in [0.1, 0.15) is 5.75 Å². The Morgan fingerprint density at radius 2 is 1.88 bits per heavy atom. The Balaban J connectivity index is 1.64. The van der Waals surface area contributed by atoms with Crippen molar-refractivity contribution in [2.24, 2.45) is 0 Å². The van der Waals surface area contributed by atoms with Gasteiger partial charge in [0.05, 0.1) is 18.9 Å². The Hall–Kier alpha value is -3.30. The number of nitrogens with zero attached hydrogens (tertiary/aromatic N) is 3. The van der Waals surface area contributed by atoms with Crippen molar-refractivity contribution in [3.8, 4) is 5.75 Å². The van der Waals surface area contributed by atoms with Crippen molar-refractivity contribution in [3.63, 3.8) is 0 Å². The van der Waals surface area contributed by atoms with Gasteiger partial charge >= 0.3 is 0 Å². The molecule has 0 radical (unpaired) electrons. The van der Waals surface area contributed by atoms with Gasteiger partial charge in [0.2, 0.25) is 5.91 Å². The highest BCUT2D eigenvalue weighted by Crippen LogP contribution is 2.22. The molecule has 2 aromatic carbocycles. The van der Waals surface area contributed by atoms with Gasteiger partial charge < -0.3 is 19.9 Å². The minimum Gasteiger partial charge on any atom is -0.497 e. The SMILES string of the molecule is C=CCn1c(SCC(=O)Nc2ccc(Cl)cc2)nnc1[C@@H](C)NC(=O)c1ccc(OC)cc1. The summed E-state index contributed by atoms with van der Waals surface area (Å²) in [6.07, 6.45) is 1.71. The van der Waals surface area contributed by atoms with Crippen LogP contribution < -0.4 is 15.4 Å². The number of rotatable bonds is 10. The first-order valence-electron chi connectivity index (χ1n) is 10.1. The van der Waals surface area contributed by atoms with Crippen LogP contribution >= 0.6 is 23.4 Å². The van der Waals surface area contributed by atoms with E-state index in [1.807, 2.05) is 11.5 Å². The maximum atomic E-state index is 12.6. The van der Waals surface area contributed by atoms with E-state index in [9.17, 15) is 9.59 Å². The van der Waals surface area contributed by atoms with E-state index in [4.69, 9.17) is 16.3 Å². The van der Waals surface area contributed by atoms with Crippen LogP contribution in [0.3, 0.4) is 0 Å². The van der Waals surface area contributed by atoms with Gasteiger partial charge in [0.15, 0.2) is 11.0 Å². The fourth-order valence-corrected chi connectivity index (χ4v) is 3.86. The van der Waals surface area contributed by atoms with E-state index in [2.05, 4.69) is 27.4 Å². The van der Waals surface area contributed by atoms with Gasteiger partial charge in [-0.05, 0) is 55.5 Å². The van der Waals surface area contributed by atoms with Crippen molar-refractivity contribution in [2.45, 2.75) is 24.7 Å². The van der Waals surface area contributed by atoms with Crippen LogP contribution in [0.15, 0.2) is 66.3 Å². The Labute approximate surface area is 201 Å². The lowest BCUT2D eigenvalue weighted by Crippen LogP contribution is -2.28. The van der Waals surface area contributed by atoms with E-state index in [0.29, 0.717) is 39.5 Å². The van der Waals surface area contributed by atoms with Gasteiger partial charge in [-0.2, -0.15) is 0 Å². The summed E-state index contributed by atoms with van der Waals surface area (Å²) in [4.78, 5) is 24.9. The second-order valence-corrected chi connectivity index (χ2v) is 8.39. The molecule has 1 aromatic heterocycles. The number of benzene rings is 2. The van der Waals surface area contributed by atoms with Crippen molar-refractivity contribution in [3.05, 3.63) is 77.6 Å². The number of allylic oxidation sites excluding steroid dienone is 1. The highest BCUT2D eigenvalue weighted by atomic mass is 35.5. The molecule has 0 spiro atoms. The van der Waals surface area contributed by atoms with Gasteiger partial charge in [-0.15, -0.1) is 16.8 Å². The van der Waals surface area contributed by atoms with E-state index in [1.54, 1.807) is 61.7 Å². The van der Waals surface area contributed by atoms with Crippen LogP contribution in [-0.2, 0) is 11.3 Å². The number of anilines is 1. The molecule has 0 aliphatic rings. The lowest BCUT2D eigenvalue weighted by atomic mass is 10.2. The van der Waals surface area contributed by atoms with Gasteiger partial charge in [0, 0.05) is 22.8 Å². The number of amides is 2. The minimum absolute atomic E-state index is 0.143. The molecule has 0 aliphatic carbocycles. The zero-order valence-electron chi connectivity index (χ0n) is 18.2. The standard InChI is InChI=1S/C23H24ClN5O3S/c1-4-13-29-21(15(2)25-22(31)16-5-11-19(32-3)12-6-16)27-28-23(29)33-14-20(30)26-18-9-7-17(24)8-10-18/h4-12,15H,1,13-14H2,2-3H3,(H,25,31)(H,26,30)/t15-/m1/s1. The highest BCUT2D eigenvalue weighted by molar-refractivity contribution is 7.99. The van der Waals surface area contributed by atoms with Crippen molar-refractivity contribution < 1.29 is 14.3 Å². The Bertz CT molecular complexity index is 1120. The quantitative estimate of drug-likeness (QED) is 0.327. The summed E-state index contributed by atoms with van der Waals surface area (Å²) < 4.78 is 6.95. The molecule has 3 aromatic rings. The number of nitrogens with one attached hydrogen (secondary N) is 2. The van der Waals surface area contributed by atoms with E-state index < -0.39 is 6.04 Å². The number of methoxy groups -OCH3 is 1. The molecule has 8 nitrogen and oxygen atoms in total. The predicted molar refractivity (Wildman–Crippen MR) is 130 cm³/mol. The lowest BCUT2D eigenvalue weighted by molar-refractivity contribution is -0.113. The molecule has 0 bridgehead atoms. The number of hydrogen-bond donors (Lipinski definition) is 2. The summed E-state index contributed by atoms with van der Waals surface area (Å²) in [6.45, 7) is 6.05. The van der Waals surface area contributed by atoms with Crippen LogP contribution in [0.4, 0.5) is 5.69 Å². The molecule has 10 heteroatoms. The summed E-state index contributed by atoms with van der Waals surface area (Å²) in [5, 5.41) is 15.3. The van der Waals surface area contributed by atoms with Crippen LogP contribution in [0.2, 0.25) is 5.02 Å². The minimum atomic E-state index is -0.413. The summed E-state index contributed by atoms with van der Waals surface area (Å²) in [5.74, 6) is 0.960. The number of halogens is 1. The molecule has 33 heavy (non-hydrogen) atoms. The third-order valence-corrected chi connectivity index (χ3v) is 5.82. The largest absolute Gasteiger partial charge is 0.497 e. The molecule has 3 rings (SSSR count). The smallest absolute Gasteiger partial charge is 0.251 e. The zero-order chi connectivity index (χ0) is 23.8. The van der Waals surface area contributed by atoms with E-state index in [1.165, 1.54) is 11.8 Å². The van der Waals surface area contributed by atoms with Crippen LogP contribution in [0, 0.1) is 0 Å². The van der Waals surface area contributed by atoms with Crippen molar-refractivity contribution in [1.29, 1.82) is 0 Å². The molecule has 1 atom stereocenters. The molecule has 0 saturated heterocycles. The number of carbonyl (C=O) groups excluding carboxylic acids is 2. The average molecular weight is 486 g/mol. The van der Waals surface area contributed by atoms with Gasteiger partial charge in [0.25, 0.3) is 5.91 Å². The summed E-state index contributed by atoms with van der Waals surface area (Å²) in [5.41, 5.74) is 1.17. The number of ether oxygens (including phenoxy) is 1. The first-order valence-corrected chi connectivity index (χ1v) is 11.4. The monoisotopic (exact) mass is 485 g/mol. The average Bonchev–Trinajstić information content (AvgIpc) is 3.22. The van der Waals surface area contributed by atoms with E-state index in [-0.39, 0.29) is 17.6 Å². The first-order chi connectivity index (χ1) is 15.9. The first kappa shape index (κ1) is 24.3. The third-order valence-electron chi connectivity index (χ3n) is 4.60. The maximum absolute atomic E-state index is 12.6. The van der Waals surface area contributed by atoms with Crippen LogP contribution in [0.1, 0.15) is 29.1 Å². The van der Waals surface area contributed by atoms with Crippen LogP contribution in [-0.4, -0.2) is 39.4 Å². The third kappa shape index (κ3) is 6.59. The molecular weight excluding hydrogens is 462 g/mol. The second-order valence-electron chi connectivity index (χ2n) is 7.01. The summed E-state index contributed by atoms with van der Waals surface area (Å²) >= 11 is 7.12. The summed E-state index contributed by atoms with van der Waals surface area (Å²) in [7, 11) is 1.57.